The number of amides is 1. The number of piperidine rings is 1. The zero-order chi connectivity index (χ0) is 15.2. The van der Waals surface area contributed by atoms with Crippen LogP contribution in [0.5, 0.6) is 11.8 Å². The van der Waals surface area contributed by atoms with Crippen LogP contribution < -0.4 is 20.5 Å². The third-order valence-electron chi connectivity index (χ3n) is 3.35. The standard InChI is InChI=1S/C13H21N5O3/c1-20-11-7-12(21-2)17-13(16-11)15-10(19)8-18-5-3-9(14)4-6-18/h7,9H,3-6,8,14H2,1-2H3,(H,15,16,17,19). The van der Waals surface area contributed by atoms with Crippen molar-refractivity contribution < 1.29 is 14.3 Å². The van der Waals surface area contributed by atoms with Gasteiger partial charge in [-0.2, -0.15) is 9.97 Å². The van der Waals surface area contributed by atoms with E-state index >= 15 is 0 Å². The summed E-state index contributed by atoms with van der Waals surface area (Å²) in [6, 6.07) is 1.79. The van der Waals surface area contributed by atoms with Crippen LogP contribution >= 0.6 is 0 Å². The fourth-order valence-electron chi connectivity index (χ4n) is 2.15. The van der Waals surface area contributed by atoms with E-state index in [1.165, 1.54) is 14.2 Å². The second-order valence-electron chi connectivity index (χ2n) is 4.94. The molecular formula is C13H21N5O3. The number of nitrogens with one attached hydrogen (secondary N) is 1. The average Bonchev–Trinajstić information content (AvgIpc) is 2.49. The molecular weight excluding hydrogens is 274 g/mol. The molecule has 3 N–H and O–H groups in total. The Labute approximate surface area is 123 Å². The van der Waals surface area contributed by atoms with Crippen LogP contribution in [0.1, 0.15) is 12.8 Å². The number of nitrogens with zero attached hydrogens (tertiary/aromatic N) is 3. The molecule has 0 saturated carbocycles. The predicted molar refractivity (Wildman–Crippen MR) is 77.4 cm³/mol. The molecule has 1 saturated heterocycles. The molecule has 0 spiro atoms. The summed E-state index contributed by atoms with van der Waals surface area (Å²) in [4.78, 5) is 22.2. The van der Waals surface area contributed by atoms with E-state index in [0.717, 1.165) is 25.9 Å². The summed E-state index contributed by atoms with van der Waals surface area (Å²) >= 11 is 0. The number of anilines is 1. The minimum Gasteiger partial charge on any atom is -0.481 e. The molecule has 1 amide bonds. The number of carbonyl (C=O) groups excluding carboxylic acids is 1. The van der Waals surface area contributed by atoms with Crippen molar-refractivity contribution in [1.29, 1.82) is 0 Å². The van der Waals surface area contributed by atoms with Gasteiger partial charge in [0.1, 0.15) is 0 Å². The Kier molecular flexibility index (Phi) is 5.29. The molecule has 1 aliphatic rings. The highest BCUT2D eigenvalue weighted by Crippen LogP contribution is 2.17. The van der Waals surface area contributed by atoms with Crippen LogP contribution in [0.25, 0.3) is 0 Å². The molecule has 116 valence electrons. The Morgan fingerprint density at radius 1 is 1.33 bits per heavy atom. The Hall–Kier alpha value is -1.93. The van der Waals surface area contributed by atoms with Crippen molar-refractivity contribution in [3.05, 3.63) is 6.07 Å². The fraction of sp³-hybridized carbons (Fsp3) is 0.615. The number of rotatable bonds is 5. The monoisotopic (exact) mass is 295 g/mol. The molecule has 1 aromatic heterocycles. The van der Waals surface area contributed by atoms with E-state index in [0.29, 0.717) is 18.3 Å². The molecule has 0 aliphatic carbocycles. The van der Waals surface area contributed by atoms with Crippen LogP contribution in [-0.4, -0.2) is 60.7 Å². The second kappa shape index (κ2) is 7.19. The third-order valence-corrected chi connectivity index (χ3v) is 3.35. The molecule has 1 aromatic rings. The van der Waals surface area contributed by atoms with Gasteiger partial charge in [-0.15, -0.1) is 0 Å². The molecule has 0 atom stereocenters. The normalized spacial score (nSPS) is 16.5. The van der Waals surface area contributed by atoms with E-state index in [1.807, 2.05) is 0 Å². The number of methoxy groups -OCH3 is 2. The third kappa shape index (κ3) is 4.54. The summed E-state index contributed by atoms with van der Waals surface area (Å²) in [6.07, 6.45) is 1.83. The van der Waals surface area contributed by atoms with Crippen LogP contribution in [-0.2, 0) is 4.79 Å². The van der Waals surface area contributed by atoms with Gasteiger partial charge in [0.15, 0.2) is 0 Å². The molecule has 0 aromatic carbocycles. The molecule has 1 fully saturated rings. The van der Waals surface area contributed by atoms with Crippen LogP contribution in [0.4, 0.5) is 5.95 Å². The van der Waals surface area contributed by atoms with Gasteiger partial charge in [-0.1, -0.05) is 0 Å². The maximum Gasteiger partial charge on any atom is 0.240 e. The van der Waals surface area contributed by atoms with Gasteiger partial charge in [0.25, 0.3) is 0 Å². The Morgan fingerprint density at radius 3 is 2.43 bits per heavy atom. The summed E-state index contributed by atoms with van der Waals surface area (Å²) in [6.45, 7) is 1.96. The van der Waals surface area contributed by atoms with Gasteiger partial charge in [-0.3, -0.25) is 15.0 Å². The van der Waals surface area contributed by atoms with Gasteiger partial charge in [-0.05, 0) is 12.8 Å². The van der Waals surface area contributed by atoms with E-state index in [1.54, 1.807) is 6.07 Å². The molecule has 2 rings (SSSR count). The maximum absolute atomic E-state index is 12.0. The van der Waals surface area contributed by atoms with Gasteiger partial charge < -0.3 is 15.2 Å². The van der Waals surface area contributed by atoms with Gasteiger partial charge in [0.2, 0.25) is 23.6 Å². The van der Waals surface area contributed by atoms with E-state index in [9.17, 15) is 4.79 Å². The molecule has 0 radical (unpaired) electrons. The van der Waals surface area contributed by atoms with Crippen molar-refractivity contribution in [3.63, 3.8) is 0 Å². The van der Waals surface area contributed by atoms with E-state index in [4.69, 9.17) is 15.2 Å². The van der Waals surface area contributed by atoms with Gasteiger partial charge in [0, 0.05) is 19.1 Å². The first-order valence-corrected chi connectivity index (χ1v) is 6.85. The first-order valence-electron chi connectivity index (χ1n) is 6.85. The highest BCUT2D eigenvalue weighted by molar-refractivity contribution is 5.90. The van der Waals surface area contributed by atoms with Crippen molar-refractivity contribution in [2.24, 2.45) is 5.73 Å². The molecule has 0 bridgehead atoms. The molecule has 2 heterocycles. The van der Waals surface area contributed by atoms with E-state index in [2.05, 4.69) is 20.2 Å². The van der Waals surface area contributed by atoms with Crippen molar-refractivity contribution in [1.82, 2.24) is 14.9 Å². The Bertz CT molecular complexity index is 466. The van der Waals surface area contributed by atoms with Crippen molar-refractivity contribution in [2.75, 3.05) is 39.2 Å². The predicted octanol–water partition coefficient (Wildman–Crippen LogP) is -0.145. The Morgan fingerprint density at radius 2 is 1.90 bits per heavy atom. The number of hydrogen-bond donors (Lipinski definition) is 2. The summed E-state index contributed by atoms with van der Waals surface area (Å²) in [5, 5.41) is 2.66. The smallest absolute Gasteiger partial charge is 0.240 e. The molecule has 0 unspecified atom stereocenters. The SMILES string of the molecule is COc1cc(OC)nc(NC(=O)CN2CCC(N)CC2)n1. The van der Waals surface area contributed by atoms with Crippen LogP contribution in [0.3, 0.4) is 0 Å². The van der Waals surface area contributed by atoms with E-state index < -0.39 is 0 Å². The Balaban J connectivity index is 1.93. The van der Waals surface area contributed by atoms with E-state index in [-0.39, 0.29) is 17.9 Å². The summed E-state index contributed by atoms with van der Waals surface area (Å²) in [5.74, 6) is 0.674. The topological polar surface area (TPSA) is 103 Å². The summed E-state index contributed by atoms with van der Waals surface area (Å²) in [5.41, 5.74) is 5.84. The van der Waals surface area contributed by atoms with Crippen LogP contribution in [0.15, 0.2) is 6.07 Å². The van der Waals surface area contributed by atoms with Crippen molar-refractivity contribution in [2.45, 2.75) is 18.9 Å². The molecule has 8 heteroatoms. The second-order valence-corrected chi connectivity index (χ2v) is 4.94. The lowest BCUT2D eigenvalue weighted by molar-refractivity contribution is -0.117. The number of likely N-dealkylation sites (tertiary alicyclic amines) is 1. The molecule has 21 heavy (non-hydrogen) atoms. The lowest BCUT2D eigenvalue weighted by Gasteiger charge is -2.29. The summed E-state index contributed by atoms with van der Waals surface area (Å²) in [7, 11) is 2.98. The largest absolute Gasteiger partial charge is 0.481 e. The zero-order valence-corrected chi connectivity index (χ0v) is 12.3. The minimum absolute atomic E-state index is 0.166. The van der Waals surface area contributed by atoms with Gasteiger partial charge in [0.05, 0.1) is 26.8 Å². The number of carbonyl (C=O) groups is 1. The first-order chi connectivity index (χ1) is 10.1. The minimum atomic E-state index is -0.166. The van der Waals surface area contributed by atoms with Crippen molar-refractivity contribution >= 4 is 11.9 Å². The quantitative estimate of drug-likeness (QED) is 0.779. The lowest BCUT2D eigenvalue weighted by atomic mass is 10.1. The highest BCUT2D eigenvalue weighted by atomic mass is 16.5. The average molecular weight is 295 g/mol. The molecule has 1 aliphatic heterocycles. The van der Waals surface area contributed by atoms with Crippen LogP contribution in [0, 0.1) is 0 Å². The molecule has 8 nitrogen and oxygen atoms in total. The number of aromatic nitrogens is 2. The highest BCUT2D eigenvalue weighted by Gasteiger charge is 2.19. The zero-order valence-electron chi connectivity index (χ0n) is 12.3. The fourth-order valence-corrected chi connectivity index (χ4v) is 2.15. The van der Waals surface area contributed by atoms with Gasteiger partial charge in [-0.25, -0.2) is 0 Å². The number of ether oxygens (including phenoxy) is 2. The maximum atomic E-state index is 12.0. The number of nitrogens with two attached hydrogens (primary N) is 1. The van der Waals surface area contributed by atoms with Gasteiger partial charge >= 0.3 is 0 Å². The number of hydrogen-bond acceptors (Lipinski definition) is 7. The summed E-state index contributed by atoms with van der Waals surface area (Å²) < 4.78 is 10.1. The van der Waals surface area contributed by atoms with Crippen molar-refractivity contribution in [3.8, 4) is 11.8 Å². The lowest BCUT2D eigenvalue weighted by Crippen LogP contribution is -2.43. The first kappa shape index (κ1) is 15.5. The van der Waals surface area contributed by atoms with Crippen LogP contribution in [0.2, 0.25) is 0 Å².